The van der Waals surface area contributed by atoms with Crippen molar-refractivity contribution in [3.05, 3.63) is 29.8 Å². The van der Waals surface area contributed by atoms with Crippen LogP contribution in [0.4, 0.5) is 4.39 Å². The first kappa shape index (κ1) is 13.0. The second-order valence-corrected chi connectivity index (χ2v) is 4.81. The van der Waals surface area contributed by atoms with E-state index in [1.54, 1.807) is 0 Å². The predicted octanol–water partition coefficient (Wildman–Crippen LogP) is 1.47. The van der Waals surface area contributed by atoms with Crippen molar-refractivity contribution in [2.45, 2.75) is 31.7 Å². The minimum Gasteiger partial charge on any atom is -0.352 e. The Bertz CT molecular complexity index is 424. The summed E-state index contributed by atoms with van der Waals surface area (Å²) in [6.07, 6.45) is 6.83. The molecule has 2 unspecified atom stereocenters. The Kier molecular flexibility index (Phi) is 4.25. The lowest BCUT2D eigenvalue weighted by Gasteiger charge is -2.28. The monoisotopic (exact) mass is 251 g/mol. The molecular formula is C13H18FN3O. The standard InChI is InChI=1S/C13H18FN3O/c14-11-5-10(6-16-8-11)13(18)17-7-9-3-1-2-4-12(9)15/h5-6,8-9,12H,1-4,7,15H2,(H,17,18). The summed E-state index contributed by atoms with van der Waals surface area (Å²) in [7, 11) is 0. The molecular weight excluding hydrogens is 233 g/mol. The highest BCUT2D eigenvalue weighted by atomic mass is 19.1. The topological polar surface area (TPSA) is 68.0 Å². The molecule has 1 aliphatic rings. The normalized spacial score (nSPS) is 23.7. The largest absolute Gasteiger partial charge is 0.352 e. The maximum atomic E-state index is 12.9. The van der Waals surface area contributed by atoms with Crippen LogP contribution in [0.15, 0.2) is 18.5 Å². The lowest BCUT2D eigenvalue weighted by atomic mass is 9.85. The van der Waals surface area contributed by atoms with Crippen molar-refractivity contribution in [1.29, 1.82) is 0 Å². The van der Waals surface area contributed by atoms with E-state index >= 15 is 0 Å². The predicted molar refractivity (Wildman–Crippen MR) is 66.5 cm³/mol. The van der Waals surface area contributed by atoms with Gasteiger partial charge in [-0.15, -0.1) is 0 Å². The molecule has 0 bridgehead atoms. The SMILES string of the molecule is NC1CCCCC1CNC(=O)c1cncc(F)c1. The van der Waals surface area contributed by atoms with Gasteiger partial charge in [-0.25, -0.2) is 4.39 Å². The summed E-state index contributed by atoms with van der Waals surface area (Å²) in [5, 5.41) is 2.80. The third kappa shape index (κ3) is 3.26. The first-order valence-corrected chi connectivity index (χ1v) is 6.31. The van der Waals surface area contributed by atoms with Crippen LogP contribution in [0.3, 0.4) is 0 Å². The first-order valence-electron chi connectivity index (χ1n) is 6.31. The molecule has 1 fully saturated rings. The van der Waals surface area contributed by atoms with Crippen LogP contribution in [0.25, 0.3) is 0 Å². The number of hydrogen-bond acceptors (Lipinski definition) is 3. The zero-order valence-electron chi connectivity index (χ0n) is 10.2. The minimum absolute atomic E-state index is 0.157. The molecule has 2 atom stereocenters. The molecule has 0 spiro atoms. The molecule has 1 saturated carbocycles. The van der Waals surface area contributed by atoms with Gasteiger partial charge in [0, 0.05) is 18.8 Å². The maximum absolute atomic E-state index is 12.9. The van der Waals surface area contributed by atoms with Crippen molar-refractivity contribution in [2.75, 3.05) is 6.54 Å². The summed E-state index contributed by atoms with van der Waals surface area (Å²) in [5.74, 6) is -0.471. The number of rotatable bonds is 3. The van der Waals surface area contributed by atoms with Gasteiger partial charge in [0.15, 0.2) is 0 Å². The first-order chi connectivity index (χ1) is 8.66. The molecule has 98 valence electrons. The van der Waals surface area contributed by atoms with Gasteiger partial charge < -0.3 is 11.1 Å². The van der Waals surface area contributed by atoms with E-state index in [1.165, 1.54) is 18.7 Å². The van der Waals surface area contributed by atoms with Crippen molar-refractivity contribution in [3.63, 3.8) is 0 Å². The van der Waals surface area contributed by atoms with Crippen LogP contribution in [-0.4, -0.2) is 23.5 Å². The number of nitrogens with one attached hydrogen (secondary N) is 1. The Balaban J connectivity index is 1.88. The van der Waals surface area contributed by atoms with Crippen molar-refractivity contribution in [1.82, 2.24) is 10.3 Å². The second-order valence-electron chi connectivity index (χ2n) is 4.81. The van der Waals surface area contributed by atoms with E-state index in [0.29, 0.717) is 12.5 Å². The van der Waals surface area contributed by atoms with Gasteiger partial charge in [-0.3, -0.25) is 9.78 Å². The van der Waals surface area contributed by atoms with Crippen molar-refractivity contribution in [3.8, 4) is 0 Å². The fourth-order valence-corrected chi connectivity index (χ4v) is 2.35. The van der Waals surface area contributed by atoms with Crippen LogP contribution in [0.2, 0.25) is 0 Å². The highest BCUT2D eigenvalue weighted by Crippen LogP contribution is 2.22. The molecule has 0 aliphatic heterocycles. The zero-order chi connectivity index (χ0) is 13.0. The summed E-state index contributed by atoms with van der Waals surface area (Å²) in [6.45, 7) is 0.552. The second kappa shape index (κ2) is 5.91. The van der Waals surface area contributed by atoms with E-state index < -0.39 is 5.82 Å². The van der Waals surface area contributed by atoms with Gasteiger partial charge in [-0.05, 0) is 24.8 Å². The molecule has 0 aromatic carbocycles. The highest BCUT2D eigenvalue weighted by molar-refractivity contribution is 5.93. The van der Waals surface area contributed by atoms with Crippen LogP contribution in [-0.2, 0) is 0 Å². The molecule has 0 radical (unpaired) electrons. The Morgan fingerprint density at radius 3 is 2.94 bits per heavy atom. The molecule has 1 aromatic rings. The number of hydrogen-bond donors (Lipinski definition) is 2. The number of amides is 1. The molecule has 3 N–H and O–H groups in total. The molecule has 2 rings (SSSR count). The van der Waals surface area contributed by atoms with Gasteiger partial charge in [0.05, 0.1) is 11.8 Å². The summed E-state index contributed by atoms with van der Waals surface area (Å²) in [4.78, 5) is 15.4. The van der Waals surface area contributed by atoms with E-state index in [4.69, 9.17) is 5.73 Å². The Morgan fingerprint density at radius 2 is 2.22 bits per heavy atom. The average Bonchev–Trinajstić information content (AvgIpc) is 2.37. The number of nitrogens with two attached hydrogens (primary N) is 1. The number of carbonyl (C=O) groups is 1. The third-order valence-electron chi connectivity index (χ3n) is 3.46. The molecule has 4 nitrogen and oxygen atoms in total. The number of nitrogens with zero attached hydrogens (tertiary/aromatic N) is 1. The highest BCUT2D eigenvalue weighted by Gasteiger charge is 2.22. The molecule has 1 aromatic heterocycles. The quantitative estimate of drug-likeness (QED) is 0.854. The molecule has 0 saturated heterocycles. The van der Waals surface area contributed by atoms with Crippen molar-refractivity contribution in [2.24, 2.45) is 11.7 Å². The van der Waals surface area contributed by atoms with Crippen LogP contribution in [0, 0.1) is 11.7 Å². The van der Waals surface area contributed by atoms with Gasteiger partial charge in [0.1, 0.15) is 5.82 Å². The summed E-state index contributed by atoms with van der Waals surface area (Å²) < 4.78 is 12.9. The fraction of sp³-hybridized carbons (Fsp3) is 0.538. The Morgan fingerprint density at radius 1 is 1.44 bits per heavy atom. The zero-order valence-corrected chi connectivity index (χ0v) is 10.2. The summed E-state index contributed by atoms with van der Waals surface area (Å²) in [5.41, 5.74) is 6.25. The van der Waals surface area contributed by atoms with E-state index in [0.717, 1.165) is 25.5 Å². The van der Waals surface area contributed by atoms with Gasteiger partial charge in [0.25, 0.3) is 5.91 Å². The van der Waals surface area contributed by atoms with Crippen LogP contribution in [0.1, 0.15) is 36.0 Å². The molecule has 18 heavy (non-hydrogen) atoms. The van der Waals surface area contributed by atoms with E-state index in [2.05, 4.69) is 10.3 Å². The van der Waals surface area contributed by atoms with Crippen molar-refractivity contribution < 1.29 is 9.18 Å². The fourth-order valence-electron chi connectivity index (χ4n) is 2.35. The molecule has 1 heterocycles. The van der Waals surface area contributed by atoms with Crippen LogP contribution in [0.5, 0.6) is 0 Å². The Hall–Kier alpha value is -1.49. The molecule has 1 aliphatic carbocycles. The number of aromatic nitrogens is 1. The molecule has 1 amide bonds. The van der Waals surface area contributed by atoms with Gasteiger partial charge >= 0.3 is 0 Å². The van der Waals surface area contributed by atoms with Crippen LogP contribution >= 0.6 is 0 Å². The molecule has 5 heteroatoms. The van der Waals surface area contributed by atoms with Crippen molar-refractivity contribution >= 4 is 5.91 Å². The summed E-state index contributed by atoms with van der Waals surface area (Å²) >= 11 is 0. The van der Waals surface area contributed by atoms with Gasteiger partial charge in [0.2, 0.25) is 0 Å². The van der Waals surface area contributed by atoms with Gasteiger partial charge in [-0.1, -0.05) is 12.8 Å². The van der Waals surface area contributed by atoms with E-state index in [-0.39, 0.29) is 17.5 Å². The minimum atomic E-state index is -0.503. The number of carbonyl (C=O) groups excluding carboxylic acids is 1. The lowest BCUT2D eigenvalue weighted by molar-refractivity contribution is 0.0940. The third-order valence-corrected chi connectivity index (χ3v) is 3.46. The van der Waals surface area contributed by atoms with Crippen LogP contribution < -0.4 is 11.1 Å². The van der Waals surface area contributed by atoms with E-state index in [9.17, 15) is 9.18 Å². The number of halogens is 1. The number of pyridine rings is 1. The summed E-state index contributed by atoms with van der Waals surface area (Å²) in [6, 6.07) is 1.34. The van der Waals surface area contributed by atoms with E-state index in [1.807, 2.05) is 0 Å². The smallest absolute Gasteiger partial charge is 0.252 e. The average molecular weight is 251 g/mol. The Labute approximate surface area is 106 Å². The lowest BCUT2D eigenvalue weighted by Crippen LogP contribution is -2.41. The van der Waals surface area contributed by atoms with Gasteiger partial charge in [-0.2, -0.15) is 0 Å². The maximum Gasteiger partial charge on any atom is 0.252 e.